The van der Waals surface area contributed by atoms with Crippen LogP contribution in [0.5, 0.6) is 5.75 Å². The van der Waals surface area contributed by atoms with E-state index in [1.54, 1.807) is 13.8 Å². The summed E-state index contributed by atoms with van der Waals surface area (Å²) in [6.07, 6.45) is 0.0335. The Hall–Kier alpha value is -1.41. The Balaban J connectivity index is 3.48. The molecule has 6 nitrogen and oxygen atoms in total. The molecule has 0 aliphatic carbocycles. The van der Waals surface area contributed by atoms with E-state index in [4.69, 9.17) is 15.4 Å². The molecule has 0 saturated carbocycles. The third kappa shape index (κ3) is 3.77. The Bertz CT molecular complexity index is 604. The molecular formula is C10H11ClFNO5S. The van der Waals surface area contributed by atoms with Crippen LogP contribution in [0.1, 0.15) is 20.3 Å². The second-order valence-electron chi connectivity index (χ2n) is 3.79. The number of hydrogen-bond donors (Lipinski definition) is 0. The molecule has 0 radical (unpaired) electrons. The Morgan fingerprint density at radius 1 is 1.53 bits per heavy atom. The van der Waals surface area contributed by atoms with E-state index in [1.165, 1.54) is 0 Å². The van der Waals surface area contributed by atoms with Crippen molar-refractivity contribution in [3.05, 3.63) is 28.1 Å². The molecule has 0 bridgehead atoms. The number of hydrogen-bond acceptors (Lipinski definition) is 5. The summed E-state index contributed by atoms with van der Waals surface area (Å²) in [4.78, 5) is 8.92. The average Bonchev–Trinajstić information content (AvgIpc) is 2.29. The molecule has 1 atom stereocenters. The molecule has 0 heterocycles. The summed E-state index contributed by atoms with van der Waals surface area (Å²) < 4.78 is 41.6. The van der Waals surface area contributed by atoms with Crippen molar-refractivity contribution in [3.63, 3.8) is 0 Å². The van der Waals surface area contributed by atoms with Gasteiger partial charge in [0.1, 0.15) is 4.90 Å². The first-order valence-corrected chi connectivity index (χ1v) is 7.57. The highest BCUT2D eigenvalue weighted by molar-refractivity contribution is 8.13. The van der Waals surface area contributed by atoms with Crippen LogP contribution in [-0.4, -0.2) is 19.4 Å². The predicted molar refractivity (Wildman–Crippen MR) is 66.5 cm³/mol. The van der Waals surface area contributed by atoms with Crippen molar-refractivity contribution >= 4 is 25.4 Å². The number of non-ortho nitro benzene ring substituents is 1. The summed E-state index contributed by atoms with van der Waals surface area (Å²) in [6, 6.07) is 1.26. The van der Waals surface area contributed by atoms with Gasteiger partial charge in [0.05, 0.1) is 17.1 Å². The summed E-state index contributed by atoms with van der Waals surface area (Å²) >= 11 is 0. The van der Waals surface area contributed by atoms with Gasteiger partial charge in [0.15, 0.2) is 11.6 Å². The first kappa shape index (κ1) is 15.6. The van der Waals surface area contributed by atoms with E-state index < -0.39 is 42.2 Å². The minimum Gasteiger partial charge on any atom is -0.486 e. The number of ether oxygens (including phenoxy) is 1. The molecule has 0 aliphatic rings. The highest BCUT2D eigenvalue weighted by atomic mass is 35.7. The highest BCUT2D eigenvalue weighted by Gasteiger charge is 2.26. The molecule has 1 aromatic carbocycles. The number of nitro groups is 1. The number of nitro benzene ring substituents is 1. The molecule has 9 heteroatoms. The molecule has 1 aromatic rings. The zero-order valence-corrected chi connectivity index (χ0v) is 11.7. The van der Waals surface area contributed by atoms with Gasteiger partial charge in [-0.1, -0.05) is 6.92 Å². The second-order valence-corrected chi connectivity index (χ2v) is 6.32. The fourth-order valence-electron chi connectivity index (χ4n) is 1.24. The van der Waals surface area contributed by atoms with Crippen LogP contribution in [0.15, 0.2) is 17.0 Å². The van der Waals surface area contributed by atoms with Crippen molar-refractivity contribution in [2.24, 2.45) is 0 Å². The Labute approximate surface area is 113 Å². The molecule has 0 aliphatic heterocycles. The van der Waals surface area contributed by atoms with E-state index in [2.05, 4.69) is 0 Å². The predicted octanol–water partition coefficient (Wildman–Crippen LogP) is 2.84. The SMILES string of the molecule is CCC(C)Oc1c(F)cc([N+](=O)[O-])cc1S(=O)(=O)Cl. The van der Waals surface area contributed by atoms with Crippen molar-refractivity contribution in [2.45, 2.75) is 31.3 Å². The Morgan fingerprint density at radius 3 is 2.53 bits per heavy atom. The molecule has 0 spiro atoms. The van der Waals surface area contributed by atoms with Gasteiger partial charge in [-0.05, 0) is 13.3 Å². The summed E-state index contributed by atoms with van der Waals surface area (Å²) in [7, 11) is 0.779. The minimum atomic E-state index is -4.36. The number of nitrogens with zero attached hydrogens (tertiary/aromatic N) is 1. The first-order chi connectivity index (χ1) is 8.66. The molecule has 0 N–H and O–H groups in total. The van der Waals surface area contributed by atoms with E-state index in [0.717, 1.165) is 0 Å². The van der Waals surface area contributed by atoms with E-state index in [0.29, 0.717) is 18.6 Å². The van der Waals surface area contributed by atoms with Crippen LogP contribution >= 0.6 is 10.7 Å². The maximum Gasteiger partial charge on any atom is 0.273 e. The third-order valence-electron chi connectivity index (χ3n) is 2.36. The lowest BCUT2D eigenvalue weighted by Gasteiger charge is -2.15. The van der Waals surface area contributed by atoms with Gasteiger partial charge in [-0.25, -0.2) is 12.8 Å². The van der Waals surface area contributed by atoms with Crippen LogP contribution < -0.4 is 4.74 Å². The molecule has 0 fully saturated rings. The lowest BCUT2D eigenvalue weighted by Crippen LogP contribution is -2.13. The van der Waals surface area contributed by atoms with Crippen molar-refractivity contribution in [1.29, 1.82) is 0 Å². The lowest BCUT2D eigenvalue weighted by molar-refractivity contribution is -0.385. The van der Waals surface area contributed by atoms with Crippen LogP contribution in [0, 0.1) is 15.9 Å². The van der Waals surface area contributed by atoms with Crippen molar-refractivity contribution in [1.82, 2.24) is 0 Å². The minimum absolute atomic E-state index is 0.465. The van der Waals surface area contributed by atoms with Crippen molar-refractivity contribution in [2.75, 3.05) is 0 Å². The number of rotatable bonds is 5. The normalized spacial score (nSPS) is 13.1. The zero-order valence-electron chi connectivity index (χ0n) is 10.1. The monoisotopic (exact) mass is 311 g/mol. The molecule has 0 saturated heterocycles. The van der Waals surface area contributed by atoms with Gasteiger partial charge >= 0.3 is 0 Å². The van der Waals surface area contributed by atoms with Gasteiger partial charge in [-0.2, -0.15) is 0 Å². The van der Waals surface area contributed by atoms with Crippen molar-refractivity contribution < 1.29 is 22.5 Å². The molecular weight excluding hydrogens is 301 g/mol. The highest BCUT2D eigenvalue weighted by Crippen LogP contribution is 2.34. The number of halogens is 2. The second kappa shape index (κ2) is 5.70. The van der Waals surface area contributed by atoms with E-state index in [9.17, 15) is 22.9 Å². The van der Waals surface area contributed by atoms with Gasteiger partial charge in [-0.3, -0.25) is 10.1 Å². The van der Waals surface area contributed by atoms with Crippen LogP contribution in [0.25, 0.3) is 0 Å². The average molecular weight is 312 g/mol. The van der Waals surface area contributed by atoms with Crippen LogP contribution in [-0.2, 0) is 9.05 Å². The van der Waals surface area contributed by atoms with Crippen LogP contribution in [0.4, 0.5) is 10.1 Å². The van der Waals surface area contributed by atoms with E-state index >= 15 is 0 Å². The van der Waals surface area contributed by atoms with Crippen LogP contribution in [0.2, 0.25) is 0 Å². The smallest absolute Gasteiger partial charge is 0.273 e. The maximum atomic E-state index is 13.7. The van der Waals surface area contributed by atoms with E-state index in [1.807, 2.05) is 0 Å². The molecule has 19 heavy (non-hydrogen) atoms. The maximum absolute atomic E-state index is 13.7. The summed E-state index contributed by atoms with van der Waals surface area (Å²) in [5.74, 6) is -1.75. The fourth-order valence-corrected chi connectivity index (χ4v) is 2.21. The van der Waals surface area contributed by atoms with Crippen LogP contribution in [0.3, 0.4) is 0 Å². The molecule has 1 rings (SSSR count). The van der Waals surface area contributed by atoms with Gasteiger partial charge in [0.2, 0.25) is 0 Å². The standard InChI is InChI=1S/C10H11ClFNO5S/c1-3-6(2)18-10-8(12)4-7(13(14)15)5-9(10)19(11,16)17/h4-6H,3H2,1-2H3. The first-order valence-electron chi connectivity index (χ1n) is 5.26. The Kier molecular flexibility index (Phi) is 4.70. The molecule has 0 aromatic heterocycles. The number of benzene rings is 1. The van der Waals surface area contributed by atoms with Gasteiger partial charge in [-0.15, -0.1) is 0 Å². The largest absolute Gasteiger partial charge is 0.486 e. The molecule has 0 amide bonds. The molecule has 1 unspecified atom stereocenters. The van der Waals surface area contributed by atoms with E-state index in [-0.39, 0.29) is 0 Å². The fraction of sp³-hybridized carbons (Fsp3) is 0.400. The zero-order chi connectivity index (χ0) is 14.8. The summed E-state index contributed by atoms with van der Waals surface area (Å²) in [6.45, 7) is 3.36. The summed E-state index contributed by atoms with van der Waals surface area (Å²) in [5.41, 5.74) is -0.715. The summed E-state index contributed by atoms with van der Waals surface area (Å²) in [5, 5.41) is 10.6. The van der Waals surface area contributed by atoms with Gasteiger partial charge < -0.3 is 4.74 Å². The Morgan fingerprint density at radius 2 is 2.11 bits per heavy atom. The van der Waals surface area contributed by atoms with Gasteiger partial charge in [0.25, 0.3) is 14.7 Å². The topological polar surface area (TPSA) is 86.5 Å². The quantitative estimate of drug-likeness (QED) is 0.474. The van der Waals surface area contributed by atoms with Gasteiger partial charge in [0, 0.05) is 16.7 Å². The van der Waals surface area contributed by atoms with Crippen molar-refractivity contribution in [3.8, 4) is 5.75 Å². The lowest BCUT2D eigenvalue weighted by atomic mass is 10.2. The molecule has 106 valence electrons. The third-order valence-corrected chi connectivity index (χ3v) is 3.69.